The minimum Gasteiger partial charge on any atom is -0.366 e. The molecule has 1 saturated heterocycles. The van der Waals surface area contributed by atoms with Crippen molar-refractivity contribution < 1.29 is 9.53 Å². The van der Waals surface area contributed by atoms with Crippen molar-refractivity contribution in [1.29, 1.82) is 0 Å². The quantitative estimate of drug-likeness (QED) is 0.812. The summed E-state index contributed by atoms with van der Waals surface area (Å²) in [6.07, 6.45) is 3.54. The molecule has 2 atom stereocenters. The number of nitrogens with two attached hydrogens (primary N) is 1. The summed E-state index contributed by atoms with van der Waals surface area (Å²) < 4.78 is 5.65. The van der Waals surface area contributed by atoms with Gasteiger partial charge >= 0.3 is 0 Å². The Labute approximate surface area is 108 Å². The number of ketones is 1. The largest absolute Gasteiger partial charge is 0.366 e. The second-order valence-electron chi connectivity index (χ2n) is 4.87. The molecule has 0 amide bonds. The van der Waals surface area contributed by atoms with Gasteiger partial charge in [-0.2, -0.15) is 0 Å². The third kappa shape index (κ3) is 2.98. The molecule has 3 nitrogen and oxygen atoms in total. The van der Waals surface area contributed by atoms with Crippen LogP contribution in [0.1, 0.15) is 42.1 Å². The predicted molar refractivity (Wildman–Crippen MR) is 71.7 cm³/mol. The summed E-state index contributed by atoms with van der Waals surface area (Å²) in [6, 6.07) is 7.89. The van der Waals surface area contributed by atoms with E-state index in [0.717, 1.165) is 31.2 Å². The summed E-state index contributed by atoms with van der Waals surface area (Å²) in [4.78, 5) is 12.3. The zero-order chi connectivity index (χ0) is 13.0. The second-order valence-corrected chi connectivity index (χ2v) is 4.87. The fraction of sp³-hybridized carbons (Fsp3) is 0.533. The van der Waals surface area contributed by atoms with Crippen LogP contribution in [0.3, 0.4) is 0 Å². The second kappa shape index (κ2) is 6.12. The molecule has 1 fully saturated rings. The smallest absolute Gasteiger partial charge is 0.191 e. The Bertz CT molecular complexity index is 417. The third-order valence-electron chi connectivity index (χ3n) is 3.41. The van der Waals surface area contributed by atoms with Crippen molar-refractivity contribution in [2.45, 2.75) is 44.8 Å². The number of carbonyl (C=O) groups excluding carboxylic acids is 1. The molecule has 1 aromatic carbocycles. The molecule has 1 heterocycles. The molecule has 0 aromatic heterocycles. The first-order chi connectivity index (χ1) is 8.74. The molecule has 1 aromatic rings. The molecule has 0 saturated carbocycles. The fourth-order valence-corrected chi connectivity index (χ4v) is 2.43. The molecule has 98 valence electrons. The van der Waals surface area contributed by atoms with E-state index in [9.17, 15) is 4.79 Å². The minimum atomic E-state index is -0.296. The van der Waals surface area contributed by atoms with Gasteiger partial charge in [-0.3, -0.25) is 4.79 Å². The number of carbonyl (C=O) groups is 1. The van der Waals surface area contributed by atoms with E-state index >= 15 is 0 Å². The van der Waals surface area contributed by atoms with E-state index in [1.807, 2.05) is 18.2 Å². The maximum absolute atomic E-state index is 12.3. The highest BCUT2D eigenvalue weighted by molar-refractivity contribution is 5.99. The van der Waals surface area contributed by atoms with Crippen LogP contribution in [0, 0.1) is 0 Å². The predicted octanol–water partition coefficient (Wildman–Crippen LogP) is 2.33. The molecule has 1 aliphatic rings. The highest BCUT2D eigenvalue weighted by atomic mass is 16.5. The summed E-state index contributed by atoms with van der Waals surface area (Å²) >= 11 is 0. The third-order valence-corrected chi connectivity index (χ3v) is 3.41. The summed E-state index contributed by atoms with van der Waals surface area (Å²) in [5.41, 5.74) is 7.55. The van der Waals surface area contributed by atoms with E-state index in [1.165, 1.54) is 5.56 Å². The number of rotatable bonds is 5. The summed E-state index contributed by atoms with van der Waals surface area (Å²) in [6.45, 7) is 2.64. The van der Waals surface area contributed by atoms with Gasteiger partial charge < -0.3 is 10.5 Å². The zero-order valence-corrected chi connectivity index (χ0v) is 10.9. The zero-order valence-electron chi connectivity index (χ0n) is 10.9. The van der Waals surface area contributed by atoms with Gasteiger partial charge in [-0.05, 0) is 30.9 Å². The highest BCUT2D eigenvalue weighted by Crippen LogP contribution is 2.22. The number of hydrogen-bond acceptors (Lipinski definition) is 3. The topological polar surface area (TPSA) is 52.3 Å². The normalized spacial score (nSPS) is 23.2. The number of aryl methyl sites for hydroxylation is 1. The van der Waals surface area contributed by atoms with E-state index in [0.29, 0.717) is 6.54 Å². The molecule has 0 radical (unpaired) electrons. The molecule has 1 aliphatic heterocycles. The van der Waals surface area contributed by atoms with Crippen molar-refractivity contribution in [3.8, 4) is 0 Å². The Balaban J connectivity index is 2.07. The Kier molecular flexibility index (Phi) is 4.50. The molecule has 0 spiro atoms. The SMILES string of the molecule is CCCc1cccc(C(=O)C2CCC(CN)O2)c1. The van der Waals surface area contributed by atoms with Crippen molar-refractivity contribution in [2.75, 3.05) is 6.54 Å². The van der Waals surface area contributed by atoms with Crippen LogP contribution >= 0.6 is 0 Å². The molecule has 2 rings (SSSR count). The van der Waals surface area contributed by atoms with Crippen molar-refractivity contribution in [2.24, 2.45) is 5.73 Å². The van der Waals surface area contributed by atoms with Crippen LogP contribution in [-0.2, 0) is 11.2 Å². The first kappa shape index (κ1) is 13.2. The van der Waals surface area contributed by atoms with Gasteiger partial charge in [0.15, 0.2) is 5.78 Å². The van der Waals surface area contributed by atoms with Crippen molar-refractivity contribution >= 4 is 5.78 Å². The number of benzene rings is 1. The first-order valence-corrected chi connectivity index (χ1v) is 6.73. The van der Waals surface area contributed by atoms with Gasteiger partial charge in [0.2, 0.25) is 0 Å². The van der Waals surface area contributed by atoms with E-state index in [1.54, 1.807) is 0 Å². The van der Waals surface area contributed by atoms with Gasteiger partial charge in [0.25, 0.3) is 0 Å². The van der Waals surface area contributed by atoms with Crippen LogP contribution in [0.5, 0.6) is 0 Å². The van der Waals surface area contributed by atoms with Gasteiger partial charge in [0.1, 0.15) is 6.10 Å². The number of Topliss-reactive ketones (excluding diaryl/α,β-unsaturated/α-hetero) is 1. The minimum absolute atomic E-state index is 0.0535. The van der Waals surface area contributed by atoms with Gasteiger partial charge in [0.05, 0.1) is 6.10 Å². The molecular weight excluding hydrogens is 226 g/mol. The Morgan fingerprint density at radius 2 is 2.28 bits per heavy atom. The molecular formula is C15H21NO2. The number of hydrogen-bond donors (Lipinski definition) is 1. The Hall–Kier alpha value is -1.19. The van der Waals surface area contributed by atoms with E-state index in [4.69, 9.17) is 10.5 Å². The van der Waals surface area contributed by atoms with E-state index < -0.39 is 0 Å². The molecule has 0 bridgehead atoms. The molecule has 2 unspecified atom stereocenters. The maximum Gasteiger partial charge on any atom is 0.191 e. The van der Waals surface area contributed by atoms with Crippen molar-refractivity contribution in [3.05, 3.63) is 35.4 Å². The van der Waals surface area contributed by atoms with E-state index in [-0.39, 0.29) is 18.0 Å². The summed E-state index contributed by atoms with van der Waals surface area (Å²) in [7, 11) is 0. The Morgan fingerprint density at radius 3 is 2.94 bits per heavy atom. The lowest BCUT2D eigenvalue weighted by Crippen LogP contribution is -2.25. The lowest BCUT2D eigenvalue weighted by molar-refractivity contribution is 0.0404. The lowest BCUT2D eigenvalue weighted by Gasteiger charge is -2.12. The van der Waals surface area contributed by atoms with Crippen molar-refractivity contribution in [3.63, 3.8) is 0 Å². The van der Waals surface area contributed by atoms with Gasteiger partial charge in [-0.15, -0.1) is 0 Å². The maximum atomic E-state index is 12.3. The summed E-state index contributed by atoms with van der Waals surface area (Å²) in [5.74, 6) is 0.101. The van der Waals surface area contributed by atoms with Crippen LogP contribution in [-0.4, -0.2) is 24.5 Å². The van der Waals surface area contributed by atoms with E-state index in [2.05, 4.69) is 13.0 Å². The molecule has 18 heavy (non-hydrogen) atoms. The lowest BCUT2D eigenvalue weighted by atomic mass is 10.00. The van der Waals surface area contributed by atoms with Crippen LogP contribution in [0.25, 0.3) is 0 Å². The van der Waals surface area contributed by atoms with Crippen LogP contribution in [0.2, 0.25) is 0 Å². The average Bonchev–Trinajstić information content (AvgIpc) is 2.87. The number of ether oxygens (including phenoxy) is 1. The monoisotopic (exact) mass is 247 g/mol. The van der Waals surface area contributed by atoms with Gasteiger partial charge in [-0.25, -0.2) is 0 Å². The summed E-state index contributed by atoms with van der Waals surface area (Å²) in [5, 5.41) is 0. The van der Waals surface area contributed by atoms with Crippen LogP contribution in [0.4, 0.5) is 0 Å². The Morgan fingerprint density at radius 1 is 1.44 bits per heavy atom. The van der Waals surface area contributed by atoms with Crippen LogP contribution in [0.15, 0.2) is 24.3 Å². The fourth-order valence-electron chi connectivity index (χ4n) is 2.43. The van der Waals surface area contributed by atoms with Gasteiger partial charge in [0, 0.05) is 12.1 Å². The molecule has 0 aliphatic carbocycles. The van der Waals surface area contributed by atoms with Crippen LogP contribution < -0.4 is 5.73 Å². The first-order valence-electron chi connectivity index (χ1n) is 6.73. The average molecular weight is 247 g/mol. The molecule has 3 heteroatoms. The van der Waals surface area contributed by atoms with Gasteiger partial charge in [-0.1, -0.05) is 31.5 Å². The van der Waals surface area contributed by atoms with Crippen molar-refractivity contribution in [1.82, 2.24) is 0 Å². The highest BCUT2D eigenvalue weighted by Gasteiger charge is 2.30. The molecule has 2 N–H and O–H groups in total. The standard InChI is InChI=1S/C15H21NO2/c1-2-4-11-5-3-6-12(9-11)15(17)14-8-7-13(10-16)18-14/h3,5-6,9,13-14H,2,4,7-8,10,16H2,1H3.